The number of rotatable bonds is 4. The van der Waals surface area contributed by atoms with Crippen LogP contribution in [0.4, 0.5) is 0 Å². The van der Waals surface area contributed by atoms with Crippen molar-refractivity contribution in [3.8, 4) is 11.5 Å². The standard InChI is InChI=1S/C20H10Br4O4/c21-13-5-1-11(2-6-13)19(25)27-17-9-16(24)18(10-15(17)23)28-20(26)12-3-7-14(22)8-4-12/h1-10H. The van der Waals surface area contributed by atoms with E-state index < -0.39 is 11.9 Å². The van der Waals surface area contributed by atoms with Gasteiger partial charge in [0.2, 0.25) is 0 Å². The summed E-state index contributed by atoms with van der Waals surface area (Å²) in [7, 11) is 0. The second-order valence-corrected chi connectivity index (χ2v) is 9.05. The zero-order valence-electron chi connectivity index (χ0n) is 13.9. The fraction of sp³-hybridized carbons (Fsp3) is 0. The topological polar surface area (TPSA) is 52.6 Å². The molecule has 0 heterocycles. The number of halogens is 4. The molecule has 0 N–H and O–H groups in total. The van der Waals surface area contributed by atoms with Crippen molar-refractivity contribution in [2.45, 2.75) is 0 Å². The van der Waals surface area contributed by atoms with Crippen LogP contribution in [0, 0.1) is 0 Å². The van der Waals surface area contributed by atoms with E-state index in [-0.39, 0.29) is 0 Å². The van der Waals surface area contributed by atoms with Crippen molar-refractivity contribution in [3.63, 3.8) is 0 Å². The van der Waals surface area contributed by atoms with Gasteiger partial charge in [0, 0.05) is 21.1 Å². The maximum absolute atomic E-state index is 12.3. The minimum Gasteiger partial charge on any atom is -0.422 e. The zero-order valence-corrected chi connectivity index (χ0v) is 20.3. The number of benzene rings is 3. The van der Waals surface area contributed by atoms with Gasteiger partial charge in [-0.15, -0.1) is 0 Å². The van der Waals surface area contributed by atoms with Gasteiger partial charge in [-0.2, -0.15) is 0 Å². The second kappa shape index (κ2) is 9.35. The third kappa shape index (κ3) is 5.31. The van der Waals surface area contributed by atoms with Gasteiger partial charge in [-0.05, 0) is 80.4 Å². The molecule has 0 aliphatic carbocycles. The number of ether oxygens (including phenoxy) is 2. The van der Waals surface area contributed by atoms with Gasteiger partial charge in [-0.25, -0.2) is 9.59 Å². The lowest BCUT2D eigenvalue weighted by Gasteiger charge is -2.11. The van der Waals surface area contributed by atoms with Gasteiger partial charge in [-0.1, -0.05) is 31.9 Å². The molecular formula is C20H10Br4O4. The van der Waals surface area contributed by atoms with Crippen LogP contribution < -0.4 is 9.47 Å². The van der Waals surface area contributed by atoms with Crippen molar-refractivity contribution in [2.75, 3.05) is 0 Å². The van der Waals surface area contributed by atoms with Crippen LogP contribution in [0.25, 0.3) is 0 Å². The first kappa shape index (κ1) is 21.2. The van der Waals surface area contributed by atoms with Crippen molar-refractivity contribution >= 4 is 75.7 Å². The highest BCUT2D eigenvalue weighted by molar-refractivity contribution is 9.11. The molecule has 0 radical (unpaired) electrons. The molecule has 0 fully saturated rings. The fourth-order valence-corrected chi connectivity index (χ4v) is 3.49. The monoisotopic (exact) mass is 630 g/mol. The van der Waals surface area contributed by atoms with Gasteiger partial charge in [-0.3, -0.25) is 0 Å². The summed E-state index contributed by atoms with van der Waals surface area (Å²) < 4.78 is 13.5. The van der Waals surface area contributed by atoms with E-state index in [4.69, 9.17) is 9.47 Å². The average molecular weight is 634 g/mol. The Morgan fingerprint density at radius 3 is 1.21 bits per heavy atom. The molecule has 0 unspecified atom stereocenters. The van der Waals surface area contributed by atoms with E-state index in [0.717, 1.165) is 8.95 Å². The number of hydrogen-bond donors (Lipinski definition) is 0. The highest BCUT2D eigenvalue weighted by atomic mass is 79.9. The first-order valence-electron chi connectivity index (χ1n) is 7.78. The molecule has 0 atom stereocenters. The van der Waals surface area contributed by atoms with E-state index in [2.05, 4.69) is 63.7 Å². The molecule has 3 rings (SSSR count). The second-order valence-electron chi connectivity index (χ2n) is 5.51. The quantitative estimate of drug-likeness (QED) is 0.226. The summed E-state index contributed by atoms with van der Waals surface area (Å²) in [4.78, 5) is 24.6. The molecule has 4 nitrogen and oxygen atoms in total. The smallest absolute Gasteiger partial charge is 0.343 e. The summed E-state index contributed by atoms with van der Waals surface area (Å²) in [6.07, 6.45) is 0. The third-order valence-electron chi connectivity index (χ3n) is 3.55. The lowest BCUT2D eigenvalue weighted by atomic mass is 10.2. The van der Waals surface area contributed by atoms with Gasteiger partial charge < -0.3 is 9.47 Å². The average Bonchev–Trinajstić information content (AvgIpc) is 2.66. The van der Waals surface area contributed by atoms with Crippen LogP contribution in [0.2, 0.25) is 0 Å². The van der Waals surface area contributed by atoms with Crippen molar-refractivity contribution in [1.29, 1.82) is 0 Å². The lowest BCUT2D eigenvalue weighted by Crippen LogP contribution is -2.10. The highest BCUT2D eigenvalue weighted by Crippen LogP contribution is 2.37. The Morgan fingerprint density at radius 1 is 0.571 bits per heavy atom. The van der Waals surface area contributed by atoms with E-state index in [9.17, 15) is 9.59 Å². The SMILES string of the molecule is O=C(Oc1cc(Br)c(OC(=O)c2ccc(Br)cc2)cc1Br)c1ccc(Br)cc1. The Kier molecular flexibility index (Phi) is 7.09. The summed E-state index contributed by atoms with van der Waals surface area (Å²) >= 11 is 13.3. The maximum Gasteiger partial charge on any atom is 0.343 e. The molecule has 0 aromatic heterocycles. The van der Waals surface area contributed by atoms with E-state index in [1.165, 1.54) is 0 Å². The molecule has 3 aromatic rings. The third-order valence-corrected chi connectivity index (χ3v) is 5.85. The molecule has 0 aliphatic rings. The molecule has 0 amide bonds. The Labute approximate surface area is 194 Å². The fourth-order valence-electron chi connectivity index (χ4n) is 2.16. The van der Waals surface area contributed by atoms with Gasteiger partial charge in [0.25, 0.3) is 0 Å². The molecule has 0 bridgehead atoms. The van der Waals surface area contributed by atoms with E-state index in [0.29, 0.717) is 31.6 Å². The van der Waals surface area contributed by atoms with Gasteiger partial charge in [0.1, 0.15) is 11.5 Å². The molecule has 0 saturated carbocycles. The number of carbonyl (C=O) groups is 2. The lowest BCUT2D eigenvalue weighted by molar-refractivity contribution is 0.0717. The molecule has 8 heteroatoms. The van der Waals surface area contributed by atoms with Crippen LogP contribution in [-0.2, 0) is 0 Å². The molecule has 0 spiro atoms. The first-order chi connectivity index (χ1) is 13.3. The zero-order chi connectivity index (χ0) is 20.3. The van der Waals surface area contributed by atoms with Crippen LogP contribution in [0.1, 0.15) is 20.7 Å². The summed E-state index contributed by atoms with van der Waals surface area (Å²) in [6, 6.07) is 16.8. The Morgan fingerprint density at radius 2 is 0.893 bits per heavy atom. The molecular weight excluding hydrogens is 624 g/mol. The van der Waals surface area contributed by atoms with E-state index in [1.54, 1.807) is 60.7 Å². The van der Waals surface area contributed by atoms with Gasteiger partial charge in [0.15, 0.2) is 0 Å². The van der Waals surface area contributed by atoms with Crippen LogP contribution in [-0.4, -0.2) is 11.9 Å². The molecule has 0 aliphatic heterocycles. The summed E-state index contributed by atoms with van der Waals surface area (Å²) in [6.45, 7) is 0. The minimum atomic E-state index is -0.500. The van der Waals surface area contributed by atoms with Gasteiger partial charge >= 0.3 is 11.9 Å². The van der Waals surface area contributed by atoms with E-state index in [1.807, 2.05) is 0 Å². The predicted molar refractivity (Wildman–Crippen MR) is 120 cm³/mol. The molecule has 28 heavy (non-hydrogen) atoms. The Hall–Kier alpha value is -1.48. The van der Waals surface area contributed by atoms with Crippen LogP contribution in [0.5, 0.6) is 11.5 Å². The number of hydrogen-bond acceptors (Lipinski definition) is 4. The van der Waals surface area contributed by atoms with Crippen LogP contribution in [0.15, 0.2) is 78.6 Å². The van der Waals surface area contributed by atoms with Crippen molar-refractivity contribution in [3.05, 3.63) is 89.7 Å². The van der Waals surface area contributed by atoms with Crippen molar-refractivity contribution < 1.29 is 19.1 Å². The Bertz CT molecular complexity index is 946. The van der Waals surface area contributed by atoms with Gasteiger partial charge in [0.05, 0.1) is 20.1 Å². The summed E-state index contributed by atoms with van der Waals surface area (Å²) in [5.74, 6) is -0.411. The number of carbonyl (C=O) groups excluding carboxylic acids is 2. The van der Waals surface area contributed by atoms with Crippen LogP contribution in [0.3, 0.4) is 0 Å². The molecule has 3 aromatic carbocycles. The summed E-state index contributed by atoms with van der Waals surface area (Å²) in [5, 5.41) is 0. The maximum atomic E-state index is 12.3. The first-order valence-corrected chi connectivity index (χ1v) is 11.0. The molecule has 142 valence electrons. The van der Waals surface area contributed by atoms with Crippen LogP contribution >= 0.6 is 63.7 Å². The number of esters is 2. The van der Waals surface area contributed by atoms with Crippen molar-refractivity contribution in [1.82, 2.24) is 0 Å². The largest absolute Gasteiger partial charge is 0.422 e. The Balaban J connectivity index is 1.76. The minimum absolute atomic E-state index is 0.295. The van der Waals surface area contributed by atoms with E-state index >= 15 is 0 Å². The van der Waals surface area contributed by atoms with Crippen molar-refractivity contribution in [2.24, 2.45) is 0 Å². The normalized spacial score (nSPS) is 10.4. The summed E-state index contributed by atoms with van der Waals surface area (Å²) in [5.41, 5.74) is 0.828. The highest BCUT2D eigenvalue weighted by Gasteiger charge is 2.17. The molecule has 0 saturated heterocycles. The predicted octanol–water partition coefficient (Wildman–Crippen LogP) is 7.18.